The van der Waals surface area contributed by atoms with E-state index in [-0.39, 0.29) is 6.10 Å². The molecule has 3 amide bonds. The van der Waals surface area contributed by atoms with Crippen molar-refractivity contribution in [3.05, 3.63) is 0 Å². The Balaban J connectivity index is 2.55. The molecule has 0 aromatic carbocycles. The molecule has 1 unspecified atom stereocenters. The molecule has 1 aliphatic rings. The van der Waals surface area contributed by atoms with Crippen molar-refractivity contribution in [1.29, 1.82) is 0 Å². The zero-order chi connectivity index (χ0) is 15.1. The van der Waals surface area contributed by atoms with E-state index in [9.17, 15) is 14.4 Å². The monoisotopic (exact) mass is 287 g/mol. The molecule has 20 heavy (non-hydrogen) atoms. The number of nitrogens with one attached hydrogen (secondary N) is 1. The molecular weight excluding hydrogens is 266 g/mol. The normalized spacial score (nSPS) is 19.4. The summed E-state index contributed by atoms with van der Waals surface area (Å²) in [5.74, 6) is -2.06. The van der Waals surface area contributed by atoms with Crippen molar-refractivity contribution >= 4 is 17.9 Å². The zero-order valence-corrected chi connectivity index (χ0v) is 11.5. The fourth-order valence-electron chi connectivity index (χ4n) is 2.03. The molecule has 8 nitrogen and oxygen atoms in total. The number of urea groups is 1. The fraction of sp³-hybridized carbons (Fsp3) is 0.750. The lowest BCUT2D eigenvalue weighted by Gasteiger charge is -2.25. The van der Waals surface area contributed by atoms with Crippen molar-refractivity contribution in [2.45, 2.75) is 38.3 Å². The van der Waals surface area contributed by atoms with Crippen molar-refractivity contribution in [1.82, 2.24) is 10.2 Å². The van der Waals surface area contributed by atoms with Gasteiger partial charge in [-0.05, 0) is 19.8 Å². The van der Waals surface area contributed by atoms with Crippen molar-refractivity contribution in [2.75, 3.05) is 19.7 Å². The number of likely N-dealkylation sites (N-methyl/N-ethyl adjacent to an activating group) is 1. The summed E-state index contributed by atoms with van der Waals surface area (Å²) in [5.41, 5.74) is 4.96. The van der Waals surface area contributed by atoms with Crippen molar-refractivity contribution < 1.29 is 24.2 Å². The van der Waals surface area contributed by atoms with Crippen LogP contribution >= 0.6 is 0 Å². The lowest BCUT2D eigenvalue weighted by atomic mass is 10.2. The Labute approximate surface area is 117 Å². The van der Waals surface area contributed by atoms with Crippen LogP contribution in [0.25, 0.3) is 0 Å². The molecule has 0 saturated carbocycles. The smallest absolute Gasteiger partial charge is 0.326 e. The summed E-state index contributed by atoms with van der Waals surface area (Å²) < 4.78 is 5.44. The highest BCUT2D eigenvalue weighted by atomic mass is 16.5. The molecular formula is C12H21N3O5. The number of ether oxygens (including phenoxy) is 1. The first kappa shape index (κ1) is 16.2. The van der Waals surface area contributed by atoms with Crippen LogP contribution in [0.1, 0.15) is 26.2 Å². The molecule has 0 aromatic heterocycles. The first-order chi connectivity index (χ1) is 9.43. The van der Waals surface area contributed by atoms with Crippen LogP contribution in [0, 0.1) is 0 Å². The van der Waals surface area contributed by atoms with Crippen LogP contribution in [-0.4, -0.2) is 59.8 Å². The maximum atomic E-state index is 12.0. The molecule has 8 heteroatoms. The van der Waals surface area contributed by atoms with Gasteiger partial charge in [-0.25, -0.2) is 9.59 Å². The number of nitrogens with two attached hydrogens (primary N) is 1. The minimum atomic E-state index is -1.31. The van der Waals surface area contributed by atoms with E-state index in [0.717, 1.165) is 12.8 Å². The van der Waals surface area contributed by atoms with Gasteiger partial charge in [0.05, 0.1) is 12.5 Å². The van der Waals surface area contributed by atoms with Crippen molar-refractivity contribution in [3.8, 4) is 0 Å². The quantitative estimate of drug-likeness (QED) is 0.584. The third kappa shape index (κ3) is 5.04. The summed E-state index contributed by atoms with van der Waals surface area (Å²) in [6.45, 7) is 3.31. The molecule has 0 spiro atoms. The standard InChI is InChI=1S/C12H21N3O5/c1-2-15(7-8-4-3-5-20-8)12(19)14-9(11(17)18)6-10(13)16/h8-9H,2-7H2,1H3,(H2,13,16)(H,14,19)(H,17,18)/t8?,9-/m0/s1. The molecule has 0 bridgehead atoms. The van der Waals surface area contributed by atoms with Gasteiger partial charge in [0.15, 0.2) is 0 Å². The summed E-state index contributed by atoms with van der Waals surface area (Å²) >= 11 is 0. The van der Waals surface area contributed by atoms with Gasteiger partial charge >= 0.3 is 12.0 Å². The Kier molecular flexibility index (Phi) is 6.23. The van der Waals surface area contributed by atoms with Gasteiger partial charge in [0, 0.05) is 19.7 Å². The number of hydrogen-bond acceptors (Lipinski definition) is 4. The third-order valence-electron chi connectivity index (χ3n) is 3.12. The summed E-state index contributed by atoms with van der Waals surface area (Å²) in [7, 11) is 0. The molecule has 2 atom stereocenters. The molecule has 1 fully saturated rings. The van der Waals surface area contributed by atoms with Gasteiger partial charge in [0.1, 0.15) is 6.04 Å². The number of primary amides is 1. The Morgan fingerprint density at radius 3 is 2.65 bits per heavy atom. The minimum absolute atomic E-state index is 0.0138. The van der Waals surface area contributed by atoms with Crippen molar-refractivity contribution in [3.63, 3.8) is 0 Å². The minimum Gasteiger partial charge on any atom is -0.480 e. The van der Waals surface area contributed by atoms with E-state index in [2.05, 4.69) is 5.32 Å². The van der Waals surface area contributed by atoms with Gasteiger partial charge in [-0.1, -0.05) is 0 Å². The van der Waals surface area contributed by atoms with E-state index < -0.39 is 30.4 Å². The van der Waals surface area contributed by atoms with Gasteiger partial charge in [-0.2, -0.15) is 0 Å². The molecule has 0 radical (unpaired) electrons. The Hall–Kier alpha value is -1.83. The van der Waals surface area contributed by atoms with E-state index in [1.54, 1.807) is 6.92 Å². The molecule has 114 valence electrons. The maximum Gasteiger partial charge on any atom is 0.326 e. The van der Waals surface area contributed by atoms with Gasteiger partial charge < -0.3 is 25.8 Å². The number of rotatable bonds is 7. The highest BCUT2D eigenvalue weighted by Gasteiger charge is 2.26. The summed E-state index contributed by atoms with van der Waals surface area (Å²) in [6, 6.07) is -1.84. The number of carbonyl (C=O) groups is 3. The number of amides is 3. The van der Waals surface area contributed by atoms with Gasteiger partial charge in [-0.3, -0.25) is 4.79 Å². The van der Waals surface area contributed by atoms with E-state index in [4.69, 9.17) is 15.6 Å². The van der Waals surface area contributed by atoms with E-state index in [1.165, 1.54) is 4.90 Å². The van der Waals surface area contributed by atoms with Gasteiger partial charge in [-0.15, -0.1) is 0 Å². The Bertz CT molecular complexity index is 368. The van der Waals surface area contributed by atoms with Crippen LogP contribution in [-0.2, 0) is 14.3 Å². The van der Waals surface area contributed by atoms with Crippen LogP contribution in [0.4, 0.5) is 4.79 Å². The van der Waals surface area contributed by atoms with Crippen LogP contribution in [0.15, 0.2) is 0 Å². The SMILES string of the molecule is CCN(CC1CCCO1)C(=O)N[C@@H](CC(N)=O)C(=O)O. The topological polar surface area (TPSA) is 122 Å². The second-order valence-electron chi connectivity index (χ2n) is 4.68. The number of carboxylic acids is 1. The average molecular weight is 287 g/mol. The molecule has 1 aliphatic heterocycles. The number of hydrogen-bond donors (Lipinski definition) is 3. The molecule has 0 aromatic rings. The van der Waals surface area contributed by atoms with E-state index in [0.29, 0.717) is 19.7 Å². The molecule has 1 saturated heterocycles. The van der Waals surface area contributed by atoms with E-state index in [1.807, 2.05) is 0 Å². The lowest BCUT2D eigenvalue weighted by Crippen LogP contribution is -2.50. The van der Waals surface area contributed by atoms with Crippen LogP contribution in [0.2, 0.25) is 0 Å². The second kappa shape index (κ2) is 7.68. The number of nitrogens with zero attached hydrogens (tertiary/aromatic N) is 1. The van der Waals surface area contributed by atoms with Gasteiger partial charge in [0.25, 0.3) is 0 Å². The molecule has 4 N–H and O–H groups in total. The predicted octanol–water partition coefficient (Wildman–Crippen LogP) is -0.474. The maximum absolute atomic E-state index is 12.0. The summed E-state index contributed by atoms with van der Waals surface area (Å²) in [5, 5.41) is 11.2. The predicted molar refractivity (Wildman–Crippen MR) is 70.0 cm³/mol. The number of carboxylic acid groups (broad SMARTS) is 1. The third-order valence-corrected chi connectivity index (χ3v) is 3.12. The first-order valence-corrected chi connectivity index (χ1v) is 6.62. The largest absolute Gasteiger partial charge is 0.480 e. The molecule has 0 aliphatic carbocycles. The molecule has 1 rings (SSSR count). The summed E-state index contributed by atoms with van der Waals surface area (Å²) in [4.78, 5) is 35.2. The van der Waals surface area contributed by atoms with E-state index >= 15 is 0 Å². The average Bonchev–Trinajstić information content (AvgIpc) is 2.87. The Morgan fingerprint density at radius 1 is 1.50 bits per heavy atom. The first-order valence-electron chi connectivity index (χ1n) is 6.62. The Morgan fingerprint density at radius 2 is 2.20 bits per heavy atom. The fourth-order valence-corrected chi connectivity index (χ4v) is 2.03. The molecule has 1 heterocycles. The highest BCUT2D eigenvalue weighted by molar-refractivity contribution is 5.87. The number of aliphatic carboxylic acids is 1. The van der Waals surface area contributed by atoms with Crippen LogP contribution in [0.3, 0.4) is 0 Å². The van der Waals surface area contributed by atoms with Crippen LogP contribution in [0.5, 0.6) is 0 Å². The number of carbonyl (C=O) groups excluding carboxylic acids is 2. The zero-order valence-electron chi connectivity index (χ0n) is 11.5. The highest BCUT2D eigenvalue weighted by Crippen LogP contribution is 2.13. The van der Waals surface area contributed by atoms with Crippen molar-refractivity contribution in [2.24, 2.45) is 5.73 Å². The lowest BCUT2D eigenvalue weighted by molar-refractivity contribution is -0.141. The van der Waals surface area contributed by atoms with Gasteiger partial charge in [0.2, 0.25) is 5.91 Å². The second-order valence-corrected chi connectivity index (χ2v) is 4.68. The van der Waals surface area contributed by atoms with Crippen LogP contribution < -0.4 is 11.1 Å². The summed E-state index contributed by atoms with van der Waals surface area (Å²) in [6.07, 6.45) is 1.40.